The van der Waals surface area contributed by atoms with Gasteiger partial charge in [-0.15, -0.1) is 6.42 Å². The van der Waals surface area contributed by atoms with Gasteiger partial charge < -0.3 is 5.11 Å². The van der Waals surface area contributed by atoms with Crippen LogP contribution in [-0.4, -0.2) is 35.1 Å². The summed E-state index contributed by atoms with van der Waals surface area (Å²) in [5.41, 5.74) is 0. The average molecular weight is 223 g/mol. The summed E-state index contributed by atoms with van der Waals surface area (Å²) in [6.07, 6.45) is 8.92. The van der Waals surface area contributed by atoms with Crippen molar-refractivity contribution in [3.8, 4) is 12.3 Å². The Hall–Kier alpha value is -1.01. The quantitative estimate of drug-likeness (QED) is 0.739. The van der Waals surface area contributed by atoms with Crippen LogP contribution in [0.4, 0.5) is 0 Å². The van der Waals surface area contributed by atoms with Crippen LogP contribution < -0.4 is 0 Å². The van der Waals surface area contributed by atoms with Crippen LogP contribution in [0.25, 0.3) is 0 Å². The standard InChI is InChI=1S/C13H21NO2/c1-4-8-14(9-12(15)16)13-10(2)6-5-7-11(13)3/h1,10-11,13H,5-9H2,2-3H3,(H,15,16). The second-order valence-electron chi connectivity index (χ2n) is 4.88. The van der Waals surface area contributed by atoms with E-state index in [1.165, 1.54) is 19.3 Å². The molecule has 16 heavy (non-hydrogen) atoms. The zero-order chi connectivity index (χ0) is 12.1. The predicted molar refractivity (Wildman–Crippen MR) is 64.0 cm³/mol. The van der Waals surface area contributed by atoms with Crippen molar-refractivity contribution in [2.75, 3.05) is 13.1 Å². The molecule has 0 aromatic rings. The van der Waals surface area contributed by atoms with Gasteiger partial charge in [0.15, 0.2) is 0 Å². The minimum absolute atomic E-state index is 0.0591. The van der Waals surface area contributed by atoms with E-state index in [9.17, 15) is 4.79 Å². The Balaban J connectivity index is 2.74. The van der Waals surface area contributed by atoms with Crippen molar-refractivity contribution in [1.82, 2.24) is 4.90 Å². The number of terminal acetylenes is 1. The molecule has 90 valence electrons. The van der Waals surface area contributed by atoms with Crippen LogP contribution in [0.5, 0.6) is 0 Å². The Morgan fingerprint density at radius 3 is 2.44 bits per heavy atom. The first-order valence-corrected chi connectivity index (χ1v) is 5.95. The number of rotatable bonds is 4. The van der Waals surface area contributed by atoms with Crippen molar-refractivity contribution >= 4 is 5.97 Å². The van der Waals surface area contributed by atoms with Crippen molar-refractivity contribution in [3.05, 3.63) is 0 Å². The number of aliphatic carboxylic acids is 1. The molecule has 0 aliphatic heterocycles. The zero-order valence-corrected chi connectivity index (χ0v) is 10.1. The molecule has 1 fully saturated rings. The monoisotopic (exact) mass is 223 g/mol. The summed E-state index contributed by atoms with van der Waals surface area (Å²) in [5, 5.41) is 8.90. The molecule has 1 aliphatic carbocycles. The number of nitrogens with zero attached hydrogens (tertiary/aromatic N) is 1. The van der Waals surface area contributed by atoms with Crippen LogP contribution in [0.3, 0.4) is 0 Å². The maximum absolute atomic E-state index is 10.8. The van der Waals surface area contributed by atoms with E-state index in [0.717, 1.165) is 0 Å². The average Bonchev–Trinajstić information content (AvgIpc) is 2.16. The van der Waals surface area contributed by atoms with Gasteiger partial charge in [0.2, 0.25) is 0 Å². The summed E-state index contributed by atoms with van der Waals surface area (Å²) in [6.45, 7) is 4.90. The zero-order valence-electron chi connectivity index (χ0n) is 10.1. The third kappa shape index (κ3) is 3.24. The fourth-order valence-electron chi connectivity index (χ4n) is 2.94. The van der Waals surface area contributed by atoms with Crippen LogP contribution in [0.1, 0.15) is 33.1 Å². The molecule has 1 rings (SSSR count). The normalized spacial score (nSPS) is 30.0. The van der Waals surface area contributed by atoms with Gasteiger partial charge in [0.05, 0.1) is 13.1 Å². The van der Waals surface area contributed by atoms with E-state index in [4.69, 9.17) is 11.5 Å². The fourth-order valence-corrected chi connectivity index (χ4v) is 2.94. The van der Waals surface area contributed by atoms with Crippen molar-refractivity contribution in [2.45, 2.75) is 39.2 Å². The van der Waals surface area contributed by atoms with Crippen molar-refractivity contribution in [3.63, 3.8) is 0 Å². The van der Waals surface area contributed by atoms with Gasteiger partial charge in [-0.25, -0.2) is 0 Å². The van der Waals surface area contributed by atoms with E-state index in [-0.39, 0.29) is 6.54 Å². The second kappa shape index (κ2) is 5.91. The lowest BCUT2D eigenvalue weighted by molar-refractivity contribution is -0.139. The van der Waals surface area contributed by atoms with E-state index in [0.29, 0.717) is 24.4 Å². The molecule has 0 aromatic heterocycles. The topological polar surface area (TPSA) is 40.5 Å². The molecule has 0 heterocycles. The Morgan fingerprint density at radius 1 is 1.44 bits per heavy atom. The largest absolute Gasteiger partial charge is 0.480 e. The lowest BCUT2D eigenvalue weighted by atomic mass is 9.78. The molecule has 3 nitrogen and oxygen atoms in total. The summed E-state index contributed by atoms with van der Waals surface area (Å²) >= 11 is 0. The highest BCUT2D eigenvalue weighted by molar-refractivity contribution is 5.69. The van der Waals surface area contributed by atoms with E-state index in [1.807, 2.05) is 4.90 Å². The molecule has 1 N–H and O–H groups in total. The summed E-state index contributed by atoms with van der Waals surface area (Å²) in [4.78, 5) is 12.8. The van der Waals surface area contributed by atoms with Gasteiger partial charge in [0.1, 0.15) is 0 Å². The molecule has 2 atom stereocenters. The third-order valence-electron chi connectivity index (χ3n) is 3.54. The Bertz CT molecular complexity index is 272. The smallest absolute Gasteiger partial charge is 0.317 e. The van der Waals surface area contributed by atoms with Crippen molar-refractivity contribution < 1.29 is 9.90 Å². The van der Waals surface area contributed by atoms with Crippen LogP contribution in [-0.2, 0) is 4.79 Å². The highest BCUT2D eigenvalue weighted by Gasteiger charge is 2.32. The Labute approximate surface area is 97.8 Å². The molecule has 0 radical (unpaired) electrons. The van der Waals surface area contributed by atoms with Crippen LogP contribution >= 0.6 is 0 Å². The molecule has 0 saturated heterocycles. The highest BCUT2D eigenvalue weighted by atomic mass is 16.4. The van der Waals surface area contributed by atoms with E-state index < -0.39 is 5.97 Å². The summed E-state index contributed by atoms with van der Waals surface area (Å²) < 4.78 is 0. The minimum Gasteiger partial charge on any atom is -0.480 e. The molecule has 1 saturated carbocycles. The Morgan fingerprint density at radius 2 is 2.00 bits per heavy atom. The predicted octanol–water partition coefficient (Wildman–Crippen LogP) is 1.83. The molecule has 0 amide bonds. The summed E-state index contributed by atoms with van der Waals surface area (Å²) in [7, 11) is 0. The van der Waals surface area contributed by atoms with E-state index >= 15 is 0 Å². The highest BCUT2D eigenvalue weighted by Crippen LogP contribution is 2.32. The maximum atomic E-state index is 10.8. The van der Waals surface area contributed by atoms with Crippen LogP contribution in [0.15, 0.2) is 0 Å². The van der Waals surface area contributed by atoms with Gasteiger partial charge in [0.25, 0.3) is 0 Å². The van der Waals surface area contributed by atoms with Gasteiger partial charge in [-0.3, -0.25) is 9.69 Å². The molecule has 3 heteroatoms. The number of carboxylic acid groups (broad SMARTS) is 1. The third-order valence-corrected chi connectivity index (χ3v) is 3.54. The fraction of sp³-hybridized carbons (Fsp3) is 0.769. The summed E-state index contributed by atoms with van der Waals surface area (Å²) in [6, 6.07) is 0.320. The van der Waals surface area contributed by atoms with E-state index in [1.54, 1.807) is 0 Å². The second-order valence-corrected chi connectivity index (χ2v) is 4.88. The first-order chi connectivity index (χ1) is 7.56. The minimum atomic E-state index is -0.791. The van der Waals surface area contributed by atoms with Crippen molar-refractivity contribution in [1.29, 1.82) is 0 Å². The van der Waals surface area contributed by atoms with Gasteiger partial charge in [-0.2, -0.15) is 0 Å². The molecule has 1 aliphatic rings. The van der Waals surface area contributed by atoms with E-state index in [2.05, 4.69) is 19.8 Å². The lowest BCUT2D eigenvalue weighted by Crippen LogP contribution is -2.48. The van der Waals surface area contributed by atoms with Gasteiger partial charge >= 0.3 is 5.97 Å². The number of hydrogen-bond acceptors (Lipinski definition) is 2. The van der Waals surface area contributed by atoms with Crippen molar-refractivity contribution in [2.24, 2.45) is 11.8 Å². The molecule has 0 bridgehead atoms. The molecule has 0 spiro atoms. The lowest BCUT2D eigenvalue weighted by Gasteiger charge is -2.41. The molecule has 2 unspecified atom stereocenters. The first-order valence-electron chi connectivity index (χ1n) is 5.95. The van der Waals surface area contributed by atoms with Crippen LogP contribution in [0.2, 0.25) is 0 Å². The first kappa shape index (κ1) is 13.1. The van der Waals surface area contributed by atoms with Gasteiger partial charge in [-0.1, -0.05) is 26.2 Å². The van der Waals surface area contributed by atoms with Gasteiger partial charge in [0, 0.05) is 6.04 Å². The van der Waals surface area contributed by atoms with Gasteiger partial charge in [-0.05, 0) is 24.7 Å². The molecular weight excluding hydrogens is 202 g/mol. The summed E-state index contributed by atoms with van der Waals surface area (Å²) in [5.74, 6) is 2.86. The number of carboxylic acids is 1. The molecule has 0 aromatic carbocycles. The Kier molecular flexibility index (Phi) is 4.82. The number of hydrogen-bond donors (Lipinski definition) is 1. The van der Waals surface area contributed by atoms with Crippen LogP contribution in [0, 0.1) is 24.2 Å². The SMILES string of the molecule is C#CCN(CC(=O)O)C1C(C)CCCC1C. The molecular formula is C13H21NO2. The number of carbonyl (C=O) groups is 1. The maximum Gasteiger partial charge on any atom is 0.317 e.